The van der Waals surface area contributed by atoms with E-state index in [2.05, 4.69) is 27.7 Å². The van der Waals surface area contributed by atoms with Crippen LogP contribution in [0.2, 0.25) is 0 Å². The van der Waals surface area contributed by atoms with Gasteiger partial charge in [0.15, 0.2) is 0 Å². The lowest BCUT2D eigenvalue weighted by molar-refractivity contribution is 0.475. The molecule has 0 aliphatic heterocycles. The number of aromatic nitrogens is 6. The zero-order valence-electron chi connectivity index (χ0n) is 17.6. The first-order valence-electron chi connectivity index (χ1n) is 10.4. The van der Waals surface area contributed by atoms with Gasteiger partial charge in [-0.15, -0.1) is 5.10 Å². The standard InChI is InChI=1S/C24H20N6O2S/c31-19-12-10-18(11-13-19)30-24(26-27-28-30)33-16-22-25-21-9-5-4-8-20(21)23(32)29(22)15-14-17-6-2-1-3-7-17/h1-13,31H,14-16H2. The molecule has 0 radical (unpaired) electrons. The van der Waals surface area contributed by atoms with Gasteiger partial charge in [0.05, 0.1) is 22.3 Å². The molecule has 3 aromatic carbocycles. The summed E-state index contributed by atoms with van der Waals surface area (Å²) in [6, 6.07) is 24.1. The van der Waals surface area contributed by atoms with Gasteiger partial charge in [-0.1, -0.05) is 54.2 Å². The molecule has 0 fully saturated rings. The predicted molar refractivity (Wildman–Crippen MR) is 127 cm³/mol. The summed E-state index contributed by atoms with van der Waals surface area (Å²) in [6.07, 6.45) is 0.726. The van der Waals surface area contributed by atoms with Gasteiger partial charge in [0, 0.05) is 6.54 Å². The number of tetrazole rings is 1. The summed E-state index contributed by atoms with van der Waals surface area (Å²) in [4.78, 5) is 18.1. The van der Waals surface area contributed by atoms with Gasteiger partial charge in [0.25, 0.3) is 5.56 Å². The quantitative estimate of drug-likeness (QED) is 0.374. The summed E-state index contributed by atoms with van der Waals surface area (Å²) in [7, 11) is 0. The Kier molecular flexibility index (Phi) is 5.86. The molecule has 5 aromatic rings. The number of aryl methyl sites for hydroxylation is 1. The Labute approximate surface area is 193 Å². The van der Waals surface area contributed by atoms with Gasteiger partial charge in [-0.25, -0.2) is 4.98 Å². The second kappa shape index (κ2) is 9.25. The van der Waals surface area contributed by atoms with E-state index in [0.29, 0.717) is 34.2 Å². The number of fused-ring (bicyclic) bond motifs is 1. The van der Waals surface area contributed by atoms with Crippen molar-refractivity contribution < 1.29 is 5.11 Å². The van der Waals surface area contributed by atoms with Crippen LogP contribution in [-0.2, 0) is 18.7 Å². The number of aromatic hydroxyl groups is 1. The van der Waals surface area contributed by atoms with E-state index in [1.54, 1.807) is 33.5 Å². The zero-order chi connectivity index (χ0) is 22.6. The number of para-hydroxylation sites is 1. The molecule has 33 heavy (non-hydrogen) atoms. The third kappa shape index (κ3) is 4.49. The van der Waals surface area contributed by atoms with Crippen LogP contribution in [0.1, 0.15) is 11.4 Å². The minimum absolute atomic E-state index is 0.0507. The molecule has 0 saturated carbocycles. The molecule has 9 heteroatoms. The van der Waals surface area contributed by atoms with Crippen LogP contribution in [0.3, 0.4) is 0 Å². The first kappa shape index (κ1) is 20.9. The summed E-state index contributed by atoms with van der Waals surface area (Å²) < 4.78 is 3.34. The normalized spacial score (nSPS) is 11.2. The number of hydrogen-bond donors (Lipinski definition) is 1. The maximum absolute atomic E-state index is 13.3. The lowest BCUT2D eigenvalue weighted by Gasteiger charge is -2.13. The van der Waals surface area contributed by atoms with Gasteiger partial charge < -0.3 is 5.11 Å². The maximum atomic E-state index is 13.3. The molecule has 0 aliphatic rings. The summed E-state index contributed by atoms with van der Waals surface area (Å²) >= 11 is 1.40. The van der Waals surface area contributed by atoms with E-state index in [9.17, 15) is 9.90 Å². The summed E-state index contributed by atoms with van der Waals surface area (Å²) in [5, 5.41) is 22.7. The second-order valence-electron chi connectivity index (χ2n) is 7.42. The van der Waals surface area contributed by atoms with Gasteiger partial charge in [-0.05, 0) is 58.8 Å². The van der Waals surface area contributed by atoms with Crippen molar-refractivity contribution >= 4 is 22.7 Å². The molecule has 164 valence electrons. The lowest BCUT2D eigenvalue weighted by atomic mass is 10.1. The summed E-state index contributed by atoms with van der Waals surface area (Å²) in [5.41, 5.74) is 2.51. The van der Waals surface area contributed by atoms with Crippen molar-refractivity contribution in [3.8, 4) is 11.4 Å². The Bertz CT molecular complexity index is 1450. The molecule has 2 aromatic heterocycles. The van der Waals surface area contributed by atoms with Crippen molar-refractivity contribution in [3.63, 3.8) is 0 Å². The zero-order valence-corrected chi connectivity index (χ0v) is 18.4. The van der Waals surface area contributed by atoms with Crippen molar-refractivity contribution in [2.45, 2.75) is 23.9 Å². The number of thioether (sulfide) groups is 1. The number of phenols is 1. The van der Waals surface area contributed by atoms with E-state index in [4.69, 9.17) is 4.98 Å². The number of nitrogens with zero attached hydrogens (tertiary/aromatic N) is 6. The van der Waals surface area contributed by atoms with Crippen LogP contribution in [0.25, 0.3) is 16.6 Å². The largest absolute Gasteiger partial charge is 0.508 e. The van der Waals surface area contributed by atoms with Crippen LogP contribution in [-0.4, -0.2) is 34.9 Å². The number of rotatable bonds is 7. The fourth-order valence-corrected chi connectivity index (χ4v) is 4.43. The van der Waals surface area contributed by atoms with E-state index in [1.165, 1.54) is 11.8 Å². The Hall–Kier alpha value is -3.98. The highest BCUT2D eigenvalue weighted by Gasteiger charge is 2.15. The smallest absolute Gasteiger partial charge is 0.261 e. The average Bonchev–Trinajstić information content (AvgIpc) is 3.32. The molecule has 0 spiro atoms. The molecule has 0 bridgehead atoms. The molecule has 0 atom stereocenters. The van der Waals surface area contributed by atoms with Crippen molar-refractivity contribution in [2.24, 2.45) is 0 Å². The highest BCUT2D eigenvalue weighted by atomic mass is 32.2. The summed E-state index contributed by atoms with van der Waals surface area (Å²) in [5.74, 6) is 1.26. The van der Waals surface area contributed by atoms with E-state index < -0.39 is 0 Å². The van der Waals surface area contributed by atoms with Crippen LogP contribution < -0.4 is 5.56 Å². The highest BCUT2D eigenvalue weighted by Crippen LogP contribution is 2.23. The third-order valence-corrected chi connectivity index (χ3v) is 6.19. The van der Waals surface area contributed by atoms with Gasteiger partial charge in [-0.2, -0.15) is 4.68 Å². The minimum atomic E-state index is -0.0507. The highest BCUT2D eigenvalue weighted by molar-refractivity contribution is 7.98. The second-order valence-corrected chi connectivity index (χ2v) is 8.36. The first-order chi connectivity index (χ1) is 16.2. The molecule has 0 aliphatic carbocycles. The van der Waals surface area contributed by atoms with Crippen molar-refractivity contribution in [1.29, 1.82) is 0 Å². The lowest BCUT2D eigenvalue weighted by Crippen LogP contribution is -2.26. The molecule has 8 nitrogen and oxygen atoms in total. The van der Waals surface area contributed by atoms with Gasteiger partial charge in [-0.3, -0.25) is 9.36 Å². The van der Waals surface area contributed by atoms with Crippen LogP contribution >= 0.6 is 11.8 Å². The molecule has 0 saturated heterocycles. The van der Waals surface area contributed by atoms with Crippen LogP contribution in [0, 0.1) is 0 Å². The predicted octanol–water partition coefficient (Wildman–Crippen LogP) is 3.61. The van der Waals surface area contributed by atoms with Crippen molar-refractivity contribution in [1.82, 2.24) is 29.8 Å². The molecule has 5 rings (SSSR count). The Morgan fingerprint density at radius 2 is 1.67 bits per heavy atom. The van der Waals surface area contributed by atoms with Gasteiger partial charge in [0.2, 0.25) is 5.16 Å². The van der Waals surface area contributed by atoms with E-state index >= 15 is 0 Å². The number of hydrogen-bond acceptors (Lipinski definition) is 7. The van der Waals surface area contributed by atoms with E-state index in [1.807, 2.05) is 42.5 Å². The SMILES string of the molecule is O=c1c2ccccc2nc(CSc2nnnn2-c2ccc(O)cc2)n1CCc1ccccc1. The van der Waals surface area contributed by atoms with Crippen LogP contribution in [0.5, 0.6) is 5.75 Å². The monoisotopic (exact) mass is 456 g/mol. The van der Waals surface area contributed by atoms with E-state index in [-0.39, 0.29) is 11.3 Å². The molecule has 0 unspecified atom stereocenters. The maximum Gasteiger partial charge on any atom is 0.261 e. The average molecular weight is 457 g/mol. The fourth-order valence-electron chi connectivity index (χ4n) is 3.59. The molecular formula is C24H20N6O2S. The Morgan fingerprint density at radius 1 is 0.909 bits per heavy atom. The summed E-state index contributed by atoms with van der Waals surface area (Å²) in [6.45, 7) is 0.527. The van der Waals surface area contributed by atoms with Crippen LogP contribution in [0.4, 0.5) is 0 Å². The molecular weight excluding hydrogens is 436 g/mol. The third-order valence-electron chi connectivity index (χ3n) is 5.27. The molecule has 0 amide bonds. The minimum Gasteiger partial charge on any atom is -0.508 e. The van der Waals surface area contributed by atoms with Crippen molar-refractivity contribution in [3.05, 3.63) is 101 Å². The topological polar surface area (TPSA) is 98.7 Å². The number of benzene rings is 3. The van der Waals surface area contributed by atoms with Gasteiger partial charge in [0.1, 0.15) is 11.6 Å². The van der Waals surface area contributed by atoms with E-state index in [0.717, 1.165) is 17.7 Å². The Balaban J connectivity index is 1.46. The Morgan fingerprint density at radius 3 is 2.48 bits per heavy atom. The van der Waals surface area contributed by atoms with Gasteiger partial charge >= 0.3 is 0 Å². The first-order valence-corrected chi connectivity index (χ1v) is 11.4. The molecule has 2 heterocycles. The molecule has 1 N–H and O–H groups in total. The van der Waals surface area contributed by atoms with Crippen LogP contribution in [0.15, 0.2) is 88.8 Å². The number of phenolic OH excluding ortho intramolecular Hbond substituents is 1. The van der Waals surface area contributed by atoms with Crippen molar-refractivity contribution in [2.75, 3.05) is 0 Å². The fraction of sp³-hybridized carbons (Fsp3) is 0.125.